The second-order valence-corrected chi connectivity index (χ2v) is 8.67. The molecule has 2 aliphatic carbocycles. The van der Waals surface area contributed by atoms with Crippen molar-refractivity contribution in [2.75, 3.05) is 13.1 Å². The van der Waals surface area contributed by atoms with Crippen LogP contribution in [0.5, 0.6) is 0 Å². The molecule has 8 heteroatoms. The van der Waals surface area contributed by atoms with Crippen molar-refractivity contribution in [3.63, 3.8) is 0 Å². The van der Waals surface area contributed by atoms with E-state index in [0.717, 1.165) is 51.4 Å². The van der Waals surface area contributed by atoms with Gasteiger partial charge in [-0.05, 0) is 38.5 Å². The van der Waals surface area contributed by atoms with Gasteiger partial charge in [-0.1, -0.05) is 38.5 Å². The van der Waals surface area contributed by atoms with Crippen molar-refractivity contribution in [1.29, 1.82) is 0 Å². The highest BCUT2D eigenvalue weighted by Gasteiger charge is 2.36. The Labute approximate surface area is 178 Å². The van der Waals surface area contributed by atoms with E-state index in [9.17, 15) is 29.4 Å². The zero-order valence-corrected chi connectivity index (χ0v) is 17.7. The highest BCUT2D eigenvalue weighted by Crippen LogP contribution is 2.31. The van der Waals surface area contributed by atoms with E-state index in [4.69, 9.17) is 0 Å². The number of carboxylic acids is 2. The second-order valence-electron chi connectivity index (χ2n) is 8.67. The predicted octanol–water partition coefficient (Wildman–Crippen LogP) is 2.56. The van der Waals surface area contributed by atoms with Crippen LogP contribution in [0.3, 0.4) is 0 Å². The molecule has 0 bridgehead atoms. The molecular weight excluding hydrogens is 388 g/mol. The fourth-order valence-corrected chi connectivity index (χ4v) is 4.77. The first kappa shape index (κ1) is 24.2. The number of aliphatic carboxylic acids is 2. The highest BCUT2D eigenvalue weighted by atomic mass is 16.4. The molecule has 0 radical (unpaired) electrons. The summed E-state index contributed by atoms with van der Waals surface area (Å²) in [4.78, 5) is 47.2. The van der Waals surface area contributed by atoms with Crippen molar-refractivity contribution < 1.29 is 29.4 Å². The molecule has 0 aromatic heterocycles. The summed E-state index contributed by atoms with van der Waals surface area (Å²) < 4.78 is 0. The molecule has 0 heterocycles. The first-order valence-electron chi connectivity index (χ1n) is 11.4. The van der Waals surface area contributed by atoms with Gasteiger partial charge in [0.15, 0.2) is 0 Å². The summed E-state index contributed by atoms with van der Waals surface area (Å²) in [7, 11) is 0. The van der Waals surface area contributed by atoms with Crippen LogP contribution < -0.4 is 10.6 Å². The SMILES string of the molecule is O=C(NCCCCCCNC(=O)[C@@H]1CCCC[C@H]1C(=O)O)[C@H]1CCCC[C@H]1C(=O)O. The zero-order valence-electron chi connectivity index (χ0n) is 17.7. The van der Waals surface area contributed by atoms with Crippen molar-refractivity contribution in [3.05, 3.63) is 0 Å². The molecule has 0 unspecified atom stereocenters. The number of amides is 2. The summed E-state index contributed by atoms with van der Waals surface area (Å²) in [5.41, 5.74) is 0. The van der Waals surface area contributed by atoms with Gasteiger partial charge in [-0.25, -0.2) is 0 Å². The lowest BCUT2D eigenvalue weighted by atomic mass is 9.78. The second kappa shape index (κ2) is 12.5. The maximum atomic E-state index is 12.3. The number of rotatable bonds is 11. The normalized spacial score (nSPS) is 26.5. The van der Waals surface area contributed by atoms with Crippen LogP contribution in [0.15, 0.2) is 0 Å². The summed E-state index contributed by atoms with van der Waals surface area (Å²) in [6, 6.07) is 0. The molecular formula is C22H36N2O6. The predicted molar refractivity (Wildman–Crippen MR) is 111 cm³/mol. The standard InChI is InChI=1S/C22H36N2O6/c25-19(15-9-3-5-11-17(15)21(27)28)23-13-7-1-2-8-14-24-20(26)16-10-4-6-12-18(16)22(29)30/h15-18H,1-14H2,(H,23,25)(H,24,26)(H,27,28)(H,29,30)/t15-,16+,17-,18-/m1/s1. The molecule has 4 atom stereocenters. The Balaban J connectivity index is 1.54. The lowest BCUT2D eigenvalue weighted by molar-refractivity contribution is -0.149. The van der Waals surface area contributed by atoms with Gasteiger partial charge in [-0.3, -0.25) is 19.2 Å². The number of unbranched alkanes of at least 4 members (excludes halogenated alkanes) is 3. The smallest absolute Gasteiger partial charge is 0.307 e. The molecule has 0 aromatic carbocycles. The van der Waals surface area contributed by atoms with E-state index < -0.39 is 35.6 Å². The Bertz CT molecular complexity index is 556. The summed E-state index contributed by atoms with van der Waals surface area (Å²) in [5, 5.41) is 24.3. The number of carbonyl (C=O) groups excluding carboxylic acids is 2. The average Bonchev–Trinajstić information content (AvgIpc) is 2.75. The fraction of sp³-hybridized carbons (Fsp3) is 0.818. The monoisotopic (exact) mass is 424 g/mol. The number of carbonyl (C=O) groups is 4. The van der Waals surface area contributed by atoms with Crippen LogP contribution in [-0.2, 0) is 19.2 Å². The summed E-state index contributed by atoms with van der Waals surface area (Å²) >= 11 is 0. The van der Waals surface area contributed by atoms with E-state index in [2.05, 4.69) is 10.6 Å². The summed E-state index contributed by atoms with van der Waals surface area (Å²) in [6.07, 6.45) is 9.43. The third-order valence-corrected chi connectivity index (χ3v) is 6.54. The van der Waals surface area contributed by atoms with Crippen LogP contribution in [0.25, 0.3) is 0 Å². The average molecular weight is 425 g/mol. The van der Waals surface area contributed by atoms with E-state index in [-0.39, 0.29) is 11.8 Å². The van der Waals surface area contributed by atoms with Crippen molar-refractivity contribution in [2.45, 2.75) is 77.0 Å². The molecule has 0 aromatic rings. The van der Waals surface area contributed by atoms with Gasteiger partial charge in [0.25, 0.3) is 0 Å². The molecule has 2 rings (SSSR count). The molecule has 2 aliphatic rings. The molecule has 4 N–H and O–H groups in total. The molecule has 0 aliphatic heterocycles. The quantitative estimate of drug-likeness (QED) is 0.377. The summed E-state index contributed by atoms with van der Waals surface area (Å²) in [5.74, 6) is -3.99. The van der Waals surface area contributed by atoms with Gasteiger partial charge in [-0.15, -0.1) is 0 Å². The van der Waals surface area contributed by atoms with Gasteiger partial charge in [0.1, 0.15) is 0 Å². The maximum Gasteiger partial charge on any atom is 0.307 e. The molecule has 30 heavy (non-hydrogen) atoms. The largest absolute Gasteiger partial charge is 0.481 e. The van der Waals surface area contributed by atoms with Gasteiger partial charge in [0.2, 0.25) is 11.8 Å². The van der Waals surface area contributed by atoms with Crippen molar-refractivity contribution in [2.24, 2.45) is 23.7 Å². The summed E-state index contributed by atoms with van der Waals surface area (Å²) in [6.45, 7) is 1.08. The van der Waals surface area contributed by atoms with Crippen LogP contribution in [0.4, 0.5) is 0 Å². The Hall–Kier alpha value is -2.12. The van der Waals surface area contributed by atoms with E-state index in [1.165, 1.54) is 0 Å². The van der Waals surface area contributed by atoms with Gasteiger partial charge in [0, 0.05) is 13.1 Å². The van der Waals surface area contributed by atoms with Crippen molar-refractivity contribution in [1.82, 2.24) is 10.6 Å². The minimum atomic E-state index is -0.875. The van der Waals surface area contributed by atoms with Gasteiger partial charge in [-0.2, -0.15) is 0 Å². The number of carboxylic acid groups (broad SMARTS) is 2. The Morgan fingerprint density at radius 1 is 0.567 bits per heavy atom. The van der Waals surface area contributed by atoms with E-state index in [1.807, 2.05) is 0 Å². The third kappa shape index (κ3) is 7.29. The molecule has 2 fully saturated rings. The molecule has 2 amide bonds. The number of hydrogen-bond donors (Lipinski definition) is 4. The minimum Gasteiger partial charge on any atom is -0.481 e. The van der Waals surface area contributed by atoms with E-state index >= 15 is 0 Å². The Kier molecular flexibility index (Phi) is 10.1. The Morgan fingerprint density at radius 2 is 0.900 bits per heavy atom. The first-order valence-corrected chi connectivity index (χ1v) is 11.4. The number of hydrogen-bond acceptors (Lipinski definition) is 4. The van der Waals surface area contributed by atoms with Crippen LogP contribution in [-0.4, -0.2) is 47.1 Å². The zero-order chi connectivity index (χ0) is 21.9. The van der Waals surface area contributed by atoms with Crippen LogP contribution in [0.2, 0.25) is 0 Å². The van der Waals surface area contributed by atoms with Crippen molar-refractivity contribution >= 4 is 23.8 Å². The molecule has 2 saturated carbocycles. The maximum absolute atomic E-state index is 12.3. The molecule has 0 saturated heterocycles. The van der Waals surface area contributed by atoms with Crippen LogP contribution in [0.1, 0.15) is 77.0 Å². The first-order chi connectivity index (χ1) is 14.4. The Morgan fingerprint density at radius 3 is 1.23 bits per heavy atom. The fourth-order valence-electron chi connectivity index (χ4n) is 4.77. The van der Waals surface area contributed by atoms with E-state index in [0.29, 0.717) is 38.8 Å². The highest BCUT2D eigenvalue weighted by molar-refractivity contribution is 5.85. The third-order valence-electron chi connectivity index (χ3n) is 6.54. The van der Waals surface area contributed by atoms with Gasteiger partial charge in [0.05, 0.1) is 23.7 Å². The number of nitrogens with one attached hydrogen (secondary N) is 2. The van der Waals surface area contributed by atoms with Gasteiger partial charge >= 0.3 is 11.9 Å². The van der Waals surface area contributed by atoms with Crippen molar-refractivity contribution in [3.8, 4) is 0 Å². The lowest BCUT2D eigenvalue weighted by Crippen LogP contribution is -2.40. The molecule has 0 spiro atoms. The minimum absolute atomic E-state index is 0.144. The van der Waals surface area contributed by atoms with E-state index in [1.54, 1.807) is 0 Å². The molecule has 170 valence electrons. The van der Waals surface area contributed by atoms with Gasteiger partial charge < -0.3 is 20.8 Å². The topological polar surface area (TPSA) is 133 Å². The van der Waals surface area contributed by atoms with Crippen LogP contribution in [0, 0.1) is 23.7 Å². The molecule has 8 nitrogen and oxygen atoms in total. The lowest BCUT2D eigenvalue weighted by Gasteiger charge is -2.27. The van der Waals surface area contributed by atoms with Crippen LogP contribution >= 0.6 is 0 Å².